The summed E-state index contributed by atoms with van der Waals surface area (Å²) in [5.41, 5.74) is 3.95. The lowest BCUT2D eigenvalue weighted by Crippen LogP contribution is -2.27. The zero-order chi connectivity index (χ0) is 18.3. The van der Waals surface area contributed by atoms with E-state index in [0.717, 1.165) is 35.1 Å². The number of esters is 1. The first-order chi connectivity index (χ1) is 12.6. The van der Waals surface area contributed by atoms with E-state index < -0.39 is 5.97 Å². The number of hydrogen-bond acceptors (Lipinski definition) is 5. The summed E-state index contributed by atoms with van der Waals surface area (Å²) < 4.78 is 4.84. The van der Waals surface area contributed by atoms with Crippen molar-refractivity contribution in [1.82, 2.24) is 20.1 Å². The lowest BCUT2D eigenvalue weighted by atomic mass is 10.1. The van der Waals surface area contributed by atoms with Gasteiger partial charge in [-0.25, -0.2) is 4.79 Å². The molecule has 134 valence electrons. The maximum atomic E-state index is 12.7. The number of carbonyl (C=O) groups excluding carboxylic acids is 2. The number of benzene rings is 1. The number of H-pyrrole nitrogens is 2. The third-order valence-electron chi connectivity index (χ3n) is 4.67. The third kappa shape index (κ3) is 2.74. The Hall–Kier alpha value is -3.13. The van der Waals surface area contributed by atoms with Crippen LogP contribution in [0.2, 0.25) is 0 Å². The molecule has 2 aromatic heterocycles. The van der Waals surface area contributed by atoms with Crippen LogP contribution in [0.3, 0.4) is 0 Å². The molecule has 0 spiro atoms. The molecular formula is C18H19N5O3. The number of hydrogen-bond donors (Lipinski definition) is 3. The van der Waals surface area contributed by atoms with Gasteiger partial charge < -0.3 is 19.9 Å². The lowest BCUT2D eigenvalue weighted by molar-refractivity contribution is 0.0603. The van der Waals surface area contributed by atoms with E-state index in [0.29, 0.717) is 23.5 Å². The summed E-state index contributed by atoms with van der Waals surface area (Å²) >= 11 is 0. The first-order valence-electron chi connectivity index (χ1n) is 8.32. The van der Waals surface area contributed by atoms with Crippen molar-refractivity contribution in [2.45, 2.75) is 13.0 Å². The van der Waals surface area contributed by atoms with Crippen molar-refractivity contribution < 1.29 is 14.3 Å². The minimum Gasteiger partial charge on any atom is -0.465 e. The van der Waals surface area contributed by atoms with Gasteiger partial charge in [-0.05, 0) is 25.2 Å². The van der Waals surface area contributed by atoms with E-state index in [1.54, 1.807) is 24.4 Å². The number of nitrogens with one attached hydrogen (secondary N) is 3. The van der Waals surface area contributed by atoms with Crippen LogP contribution in [0.25, 0.3) is 10.9 Å². The van der Waals surface area contributed by atoms with Crippen LogP contribution in [0, 0.1) is 0 Å². The summed E-state index contributed by atoms with van der Waals surface area (Å²) in [7, 11) is 3.35. The van der Waals surface area contributed by atoms with Crippen molar-refractivity contribution in [1.29, 1.82) is 0 Å². The Labute approximate surface area is 149 Å². The van der Waals surface area contributed by atoms with Gasteiger partial charge in [0.2, 0.25) is 0 Å². The second kappa shape index (κ2) is 6.30. The summed E-state index contributed by atoms with van der Waals surface area (Å²) in [4.78, 5) is 30.0. The average Bonchev–Trinajstić information content (AvgIpc) is 3.26. The maximum Gasteiger partial charge on any atom is 0.338 e. The van der Waals surface area contributed by atoms with Gasteiger partial charge in [-0.3, -0.25) is 9.89 Å². The van der Waals surface area contributed by atoms with E-state index in [4.69, 9.17) is 4.74 Å². The van der Waals surface area contributed by atoms with Crippen LogP contribution in [-0.4, -0.2) is 52.7 Å². The van der Waals surface area contributed by atoms with Crippen LogP contribution in [0.5, 0.6) is 0 Å². The van der Waals surface area contributed by atoms with Crippen LogP contribution in [0.4, 0.5) is 5.69 Å². The number of rotatable bonds is 3. The maximum absolute atomic E-state index is 12.7. The highest BCUT2D eigenvalue weighted by molar-refractivity contribution is 6.09. The number of nitrogens with zero attached hydrogens (tertiary/aromatic N) is 2. The molecule has 3 heterocycles. The zero-order valence-electron chi connectivity index (χ0n) is 14.5. The number of fused-ring (bicyclic) bond motifs is 2. The molecule has 1 aromatic carbocycles. The summed E-state index contributed by atoms with van der Waals surface area (Å²) in [6.45, 7) is 1.61. The molecule has 0 fully saturated rings. The van der Waals surface area contributed by atoms with E-state index in [2.05, 4.69) is 25.4 Å². The second-order valence-corrected chi connectivity index (χ2v) is 6.43. The Morgan fingerprint density at radius 2 is 2.19 bits per heavy atom. The molecule has 0 saturated carbocycles. The normalized spacial score (nSPS) is 14.2. The monoisotopic (exact) mass is 353 g/mol. The lowest BCUT2D eigenvalue weighted by Gasteiger charge is -2.22. The summed E-state index contributed by atoms with van der Waals surface area (Å²) in [6, 6.07) is 5.20. The molecule has 0 saturated heterocycles. The minimum absolute atomic E-state index is 0.306. The molecule has 8 nitrogen and oxygen atoms in total. The number of amides is 1. The number of aromatic nitrogens is 3. The topological polar surface area (TPSA) is 103 Å². The Balaban J connectivity index is 1.66. The number of likely N-dealkylation sites (N-methyl/N-ethyl adjacent to an activating group) is 1. The molecular weight excluding hydrogens is 334 g/mol. The number of carbonyl (C=O) groups is 2. The molecule has 0 unspecified atom stereocenters. The highest BCUT2D eigenvalue weighted by Crippen LogP contribution is 2.25. The Morgan fingerprint density at radius 3 is 3.00 bits per heavy atom. The van der Waals surface area contributed by atoms with Crippen LogP contribution in [-0.2, 0) is 17.7 Å². The molecule has 0 atom stereocenters. The van der Waals surface area contributed by atoms with Crippen molar-refractivity contribution in [3.63, 3.8) is 0 Å². The highest BCUT2D eigenvalue weighted by Gasteiger charge is 2.24. The average molecular weight is 353 g/mol. The zero-order valence-corrected chi connectivity index (χ0v) is 14.5. The SMILES string of the molecule is COC(=O)c1cc(NC(=O)c2n[nH]c3c2CN(C)CC3)cc2[nH]ccc12. The highest BCUT2D eigenvalue weighted by atomic mass is 16.5. The van der Waals surface area contributed by atoms with Crippen molar-refractivity contribution in [2.75, 3.05) is 26.0 Å². The fourth-order valence-corrected chi connectivity index (χ4v) is 3.33. The molecule has 0 radical (unpaired) electrons. The first kappa shape index (κ1) is 16.3. The largest absolute Gasteiger partial charge is 0.465 e. The number of aromatic amines is 2. The quantitative estimate of drug-likeness (QED) is 0.624. The van der Waals surface area contributed by atoms with Gasteiger partial charge in [-0.1, -0.05) is 0 Å². The molecule has 8 heteroatoms. The Morgan fingerprint density at radius 1 is 1.35 bits per heavy atom. The number of ether oxygens (including phenoxy) is 1. The fraction of sp³-hybridized carbons (Fsp3) is 0.278. The van der Waals surface area contributed by atoms with Crippen LogP contribution in [0.15, 0.2) is 24.4 Å². The molecule has 0 aliphatic carbocycles. The molecule has 1 aliphatic heterocycles. The van der Waals surface area contributed by atoms with Gasteiger partial charge in [-0.2, -0.15) is 5.10 Å². The molecule has 1 aliphatic rings. The van der Waals surface area contributed by atoms with Crippen LogP contribution in [0.1, 0.15) is 32.1 Å². The molecule has 4 rings (SSSR count). The number of methoxy groups -OCH3 is 1. The predicted molar refractivity (Wildman–Crippen MR) is 96.2 cm³/mol. The van der Waals surface area contributed by atoms with Crippen molar-refractivity contribution >= 4 is 28.5 Å². The minimum atomic E-state index is -0.454. The smallest absolute Gasteiger partial charge is 0.338 e. The van der Waals surface area contributed by atoms with Crippen LogP contribution < -0.4 is 5.32 Å². The number of anilines is 1. The van der Waals surface area contributed by atoms with Gasteiger partial charge in [-0.15, -0.1) is 0 Å². The molecule has 3 aromatic rings. The first-order valence-corrected chi connectivity index (χ1v) is 8.32. The molecule has 26 heavy (non-hydrogen) atoms. The van der Waals surface area contributed by atoms with Crippen molar-refractivity contribution in [3.05, 3.63) is 46.9 Å². The van der Waals surface area contributed by atoms with Gasteiger partial charge in [0.25, 0.3) is 5.91 Å². The van der Waals surface area contributed by atoms with Crippen LogP contribution >= 0.6 is 0 Å². The van der Waals surface area contributed by atoms with Crippen molar-refractivity contribution in [2.24, 2.45) is 0 Å². The van der Waals surface area contributed by atoms with E-state index in [1.165, 1.54) is 7.11 Å². The molecule has 0 bridgehead atoms. The summed E-state index contributed by atoms with van der Waals surface area (Å²) in [5, 5.41) is 10.7. The fourth-order valence-electron chi connectivity index (χ4n) is 3.33. The van der Waals surface area contributed by atoms with Gasteiger partial charge in [0.1, 0.15) is 0 Å². The molecule has 1 amide bonds. The summed E-state index contributed by atoms with van der Waals surface area (Å²) in [6.07, 6.45) is 2.58. The van der Waals surface area contributed by atoms with E-state index in [-0.39, 0.29) is 5.91 Å². The molecule has 3 N–H and O–H groups in total. The van der Waals surface area contributed by atoms with Gasteiger partial charge in [0, 0.05) is 53.6 Å². The van der Waals surface area contributed by atoms with Gasteiger partial charge in [0.05, 0.1) is 12.7 Å². The van der Waals surface area contributed by atoms with E-state index in [1.807, 2.05) is 7.05 Å². The van der Waals surface area contributed by atoms with Crippen molar-refractivity contribution in [3.8, 4) is 0 Å². The van der Waals surface area contributed by atoms with E-state index in [9.17, 15) is 9.59 Å². The third-order valence-corrected chi connectivity index (χ3v) is 4.67. The summed E-state index contributed by atoms with van der Waals surface area (Å²) in [5.74, 6) is -0.760. The second-order valence-electron chi connectivity index (χ2n) is 6.43. The Bertz CT molecular complexity index is 1000. The Kier molecular flexibility index (Phi) is 3.96. The van der Waals surface area contributed by atoms with E-state index >= 15 is 0 Å². The standard InChI is InChI=1S/C18H19N5O3/c1-23-6-4-14-13(9-23)16(22-21-14)17(24)20-10-7-12(18(25)26-2)11-3-5-19-15(11)8-10/h3,5,7-8,19H,4,6,9H2,1-2H3,(H,20,24)(H,21,22). The van der Waals surface area contributed by atoms with Gasteiger partial charge in [0.15, 0.2) is 5.69 Å². The van der Waals surface area contributed by atoms with Gasteiger partial charge >= 0.3 is 5.97 Å². The predicted octanol–water partition coefficient (Wildman–Crippen LogP) is 1.92.